The van der Waals surface area contributed by atoms with Gasteiger partial charge in [0, 0.05) is 29.6 Å². The summed E-state index contributed by atoms with van der Waals surface area (Å²) in [6.07, 6.45) is 1.04. The first-order valence-electron chi connectivity index (χ1n) is 6.68. The Hall–Kier alpha value is -1.70. The van der Waals surface area contributed by atoms with Crippen LogP contribution >= 0.6 is 11.3 Å². The molecule has 3 rings (SSSR count). The Morgan fingerprint density at radius 1 is 1.45 bits per heavy atom. The Balaban J connectivity index is 1.81. The second-order valence-electron chi connectivity index (χ2n) is 5.11. The molecule has 2 aromatic rings. The monoisotopic (exact) mass is 286 g/mol. The average molecular weight is 286 g/mol. The van der Waals surface area contributed by atoms with Gasteiger partial charge in [0.1, 0.15) is 5.82 Å². The Labute approximate surface area is 122 Å². The lowest BCUT2D eigenvalue weighted by atomic mass is 10.0. The molecule has 0 N–H and O–H groups in total. The Bertz CT molecular complexity index is 671. The summed E-state index contributed by atoms with van der Waals surface area (Å²) in [6, 6.07) is 9.19. The molecule has 0 amide bonds. The second-order valence-corrected chi connectivity index (χ2v) is 6.11. The fourth-order valence-electron chi connectivity index (χ4n) is 2.74. The maximum atomic E-state index is 14.0. The topological polar surface area (TPSA) is 27.0 Å². The van der Waals surface area contributed by atoms with Gasteiger partial charge in [-0.2, -0.15) is 5.26 Å². The molecule has 0 aliphatic carbocycles. The second kappa shape index (κ2) is 5.35. The lowest BCUT2D eigenvalue weighted by Crippen LogP contribution is -2.32. The maximum Gasteiger partial charge on any atom is 0.129 e. The minimum atomic E-state index is -0.285. The van der Waals surface area contributed by atoms with Crippen LogP contribution in [0.2, 0.25) is 0 Å². The van der Waals surface area contributed by atoms with E-state index in [0.717, 1.165) is 13.0 Å². The normalized spacial score (nSPS) is 18.6. The quantitative estimate of drug-likeness (QED) is 0.837. The number of nitrogens with zero attached hydrogens (tertiary/aromatic N) is 2. The van der Waals surface area contributed by atoms with Crippen LogP contribution in [0.3, 0.4) is 0 Å². The van der Waals surface area contributed by atoms with E-state index in [0.29, 0.717) is 23.7 Å². The first-order valence-corrected chi connectivity index (χ1v) is 7.56. The van der Waals surface area contributed by atoms with E-state index < -0.39 is 0 Å². The number of nitriles is 1. The van der Waals surface area contributed by atoms with E-state index in [2.05, 4.69) is 23.3 Å². The predicted octanol–water partition coefficient (Wildman–Crippen LogP) is 3.88. The minimum Gasteiger partial charge on any atom is -0.292 e. The molecule has 0 spiro atoms. The van der Waals surface area contributed by atoms with Gasteiger partial charge < -0.3 is 0 Å². The van der Waals surface area contributed by atoms with Crippen molar-refractivity contribution in [1.29, 1.82) is 5.26 Å². The van der Waals surface area contributed by atoms with E-state index in [1.54, 1.807) is 12.1 Å². The molecule has 0 radical (unpaired) electrons. The molecule has 2 nitrogen and oxygen atoms in total. The van der Waals surface area contributed by atoms with E-state index in [1.165, 1.54) is 16.5 Å². The molecule has 0 saturated heterocycles. The number of hydrogen-bond acceptors (Lipinski definition) is 3. The highest BCUT2D eigenvalue weighted by Gasteiger charge is 2.25. The molecule has 1 aromatic carbocycles. The van der Waals surface area contributed by atoms with Gasteiger partial charge in [0.05, 0.1) is 11.6 Å². The third-order valence-corrected chi connectivity index (χ3v) is 4.96. The number of fused-ring (bicyclic) bond motifs is 1. The van der Waals surface area contributed by atoms with Gasteiger partial charge in [-0.3, -0.25) is 4.90 Å². The van der Waals surface area contributed by atoms with Crippen LogP contribution in [0.15, 0.2) is 29.6 Å². The smallest absolute Gasteiger partial charge is 0.129 e. The molecule has 0 bridgehead atoms. The third kappa shape index (κ3) is 2.35. The predicted molar refractivity (Wildman–Crippen MR) is 78.0 cm³/mol. The SMILES string of the molecule is CC1c2ccsc2CCN1Cc1ccc(C#N)cc1F. The molecule has 1 unspecified atom stereocenters. The summed E-state index contributed by atoms with van der Waals surface area (Å²) in [6.45, 7) is 3.72. The summed E-state index contributed by atoms with van der Waals surface area (Å²) in [7, 11) is 0. The Morgan fingerprint density at radius 3 is 3.05 bits per heavy atom. The number of rotatable bonds is 2. The zero-order valence-electron chi connectivity index (χ0n) is 11.3. The average Bonchev–Trinajstić information content (AvgIpc) is 2.93. The van der Waals surface area contributed by atoms with Crippen molar-refractivity contribution >= 4 is 11.3 Å². The van der Waals surface area contributed by atoms with Crippen molar-refractivity contribution in [2.45, 2.75) is 25.9 Å². The third-order valence-electron chi connectivity index (χ3n) is 3.96. The molecule has 20 heavy (non-hydrogen) atoms. The number of thiophene rings is 1. The summed E-state index contributed by atoms with van der Waals surface area (Å²) >= 11 is 1.81. The first-order chi connectivity index (χ1) is 9.69. The first kappa shape index (κ1) is 13.3. The molecule has 4 heteroatoms. The van der Waals surface area contributed by atoms with Gasteiger partial charge in [0.15, 0.2) is 0 Å². The van der Waals surface area contributed by atoms with E-state index in [9.17, 15) is 4.39 Å². The van der Waals surface area contributed by atoms with Gasteiger partial charge in [-0.15, -0.1) is 11.3 Å². The summed E-state index contributed by atoms with van der Waals surface area (Å²) in [5, 5.41) is 10.9. The standard InChI is InChI=1S/C16H15FN2S/c1-11-14-5-7-20-16(14)4-6-19(11)10-13-3-2-12(9-18)8-15(13)17/h2-3,5,7-8,11H,4,6,10H2,1H3. The van der Waals surface area contributed by atoms with Gasteiger partial charge in [-0.25, -0.2) is 4.39 Å². The van der Waals surface area contributed by atoms with Crippen molar-refractivity contribution in [2.75, 3.05) is 6.54 Å². The molecule has 2 heterocycles. The van der Waals surface area contributed by atoms with Crippen molar-refractivity contribution in [1.82, 2.24) is 4.90 Å². The van der Waals surface area contributed by atoms with Crippen LogP contribution in [-0.2, 0) is 13.0 Å². The molecule has 0 fully saturated rings. The number of benzene rings is 1. The van der Waals surface area contributed by atoms with E-state index in [4.69, 9.17) is 5.26 Å². The van der Waals surface area contributed by atoms with Crippen LogP contribution < -0.4 is 0 Å². The molecule has 102 valence electrons. The van der Waals surface area contributed by atoms with Gasteiger partial charge in [0.2, 0.25) is 0 Å². The van der Waals surface area contributed by atoms with Crippen molar-refractivity contribution in [3.8, 4) is 6.07 Å². The lowest BCUT2D eigenvalue weighted by molar-refractivity contribution is 0.189. The van der Waals surface area contributed by atoms with Gasteiger partial charge >= 0.3 is 0 Å². The van der Waals surface area contributed by atoms with Gasteiger partial charge in [-0.05, 0) is 42.5 Å². The van der Waals surface area contributed by atoms with Crippen LogP contribution in [0.25, 0.3) is 0 Å². The summed E-state index contributed by atoms with van der Waals surface area (Å²) < 4.78 is 14.0. The van der Waals surface area contributed by atoms with E-state index >= 15 is 0 Å². The summed E-state index contributed by atoms with van der Waals surface area (Å²) in [5.74, 6) is -0.285. The Morgan fingerprint density at radius 2 is 2.30 bits per heavy atom. The van der Waals surface area contributed by atoms with E-state index in [1.807, 2.05) is 17.4 Å². The van der Waals surface area contributed by atoms with Gasteiger partial charge in [-0.1, -0.05) is 6.07 Å². The van der Waals surface area contributed by atoms with Crippen molar-refractivity contribution in [3.05, 3.63) is 57.0 Å². The number of hydrogen-bond donors (Lipinski definition) is 0. The molecule has 0 saturated carbocycles. The largest absolute Gasteiger partial charge is 0.292 e. The summed E-state index contributed by atoms with van der Waals surface area (Å²) in [4.78, 5) is 3.74. The molecular weight excluding hydrogens is 271 g/mol. The highest BCUT2D eigenvalue weighted by molar-refractivity contribution is 7.10. The summed E-state index contributed by atoms with van der Waals surface area (Å²) in [5.41, 5.74) is 2.41. The van der Waals surface area contributed by atoms with Crippen LogP contribution in [0.5, 0.6) is 0 Å². The fraction of sp³-hybridized carbons (Fsp3) is 0.312. The molecular formula is C16H15FN2S. The zero-order valence-corrected chi connectivity index (χ0v) is 12.1. The Kier molecular flexibility index (Phi) is 3.56. The van der Waals surface area contributed by atoms with Crippen molar-refractivity contribution in [2.24, 2.45) is 0 Å². The van der Waals surface area contributed by atoms with Crippen LogP contribution in [0.4, 0.5) is 4.39 Å². The minimum absolute atomic E-state index is 0.285. The maximum absolute atomic E-state index is 14.0. The van der Waals surface area contributed by atoms with Crippen molar-refractivity contribution in [3.63, 3.8) is 0 Å². The van der Waals surface area contributed by atoms with Crippen LogP contribution in [0, 0.1) is 17.1 Å². The van der Waals surface area contributed by atoms with Gasteiger partial charge in [0.25, 0.3) is 0 Å². The zero-order chi connectivity index (χ0) is 14.1. The van der Waals surface area contributed by atoms with Crippen LogP contribution in [0.1, 0.15) is 34.5 Å². The lowest BCUT2D eigenvalue weighted by Gasteiger charge is -2.33. The van der Waals surface area contributed by atoms with Crippen molar-refractivity contribution < 1.29 is 4.39 Å². The fourth-order valence-corrected chi connectivity index (χ4v) is 3.70. The molecule has 1 aliphatic heterocycles. The highest BCUT2D eigenvalue weighted by Crippen LogP contribution is 2.33. The van der Waals surface area contributed by atoms with Crippen LogP contribution in [-0.4, -0.2) is 11.4 Å². The molecule has 1 atom stereocenters. The number of halogens is 1. The molecule has 1 aromatic heterocycles. The highest BCUT2D eigenvalue weighted by atomic mass is 32.1. The molecule has 1 aliphatic rings. The van der Waals surface area contributed by atoms with E-state index in [-0.39, 0.29) is 5.82 Å².